The van der Waals surface area contributed by atoms with Crippen LogP contribution in [0.25, 0.3) is 0 Å². The molecule has 0 saturated carbocycles. The standard InChI is InChI=1S/C11H13N5O/c1-16(8-9-7-12-5-6-13-9)11-14-4-3-10(15-11)17-2/h3-7H,8H2,1-2H3. The van der Waals surface area contributed by atoms with Crippen LogP contribution in [0.2, 0.25) is 0 Å². The molecule has 0 aromatic carbocycles. The Kier molecular flexibility index (Phi) is 3.44. The molecule has 0 unspecified atom stereocenters. The lowest BCUT2D eigenvalue weighted by Gasteiger charge is -2.16. The molecule has 0 atom stereocenters. The van der Waals surface area contributed by atoms with Gasteiger partial charge < -0.3 is 9.64 Å². The molecule has 0 amide bonds. The molecule has 0 spiro atoms. The summed E-state index contributed by atoms with van der Waals surface area (Å²) in [6.07, 6.45) is 6.69. The monoisotopic (exact) mass is 231 g/mol. The Bertz CT molecular complexity index is 476. The number of rotatable bonds is 4. The van der Waals surface area contributed by atoms with E-state index in [9.17, 15) is 0 Å². The van der Waals surface area contributed by atoms with Crippen molar-refractivity contribution in [3.8, 4) is 5.88 Å². The van der Waals surface area contributed by atoms with Crippen molar-refractivity contribution in [3.63, 3.8) is 0 Å². The van der Waals surface area contributed by atoms with E-state index < -0.39 is 0 Å². The van der Waals surface area contributed by atoms with Gasteiger partial charge in [-0.2, -0.15) is 4.98 Å². The van der Waals surface area contributed by atoms with Crippen molar-refractivity contribution in [1.29, 1.82) is 0 Å². The van der Waals surface area contributed by atoms with Crippen LogP contribution in [0.5, 0.6) is 5.88 Å². The van der Waals surface area contributed by atoms with Gasteiger partial charge in [0.05, 0.1) is 25.5 Å². The molecule has 0 aliphatic rings. The number of hydrogen-bond donors (Lipinski definition) is 0. The van der Waals surface area contributed by atoms with Crippen LogP contribution >= 0.6 is 0 Å². The minimum atomic E-state index is 0.543. The van der Waals surface area contributed by atoms with Crippen molar-refractivity contribution in [3.05, 3.63) is 36.5 Å². The fourth-order valence-corrected chi connectivity index (χ4v) is 1.36. The topological polar surface area (TPSA) is 64.0 Å². The third-order valence-corrected chi connectivity index (χ3v) is 2.18. The van der Waals surface area contributed by atoms with Crippen molar-refractivity contribution >= 4 is 5.95 Å². The van der Waals surface area contributed by atoms with Gasteiger partial charge in [0.1, 0.15) is 0 Å². The fourth-order valence-electron chi connectivity index (χ4n) is 1.36. The molecule has 2 heterocycles. The smallest absolute Gasteiger partial charge is 0.228 e. The molecule has 2 aromatic rings. The Hall–Kier alpha value is -2.24. The quantitative estimate of drug-likeness (QED) is 0.779. The Balaban J connectivity index is 2.11. The van der Waals surface area contributed by atoms with Crippen LogP contribution in [0.3, 0.4) is 0 Å². The maximum Gasteiger partial charge on any atom is 0.228 e. The molecular formula is C11H13N5O. The zero-order valence-electron chi connectivity index (χ0n) is 9.74. The number of methoxy groups -OCH3 is 1. The lowest BCUT2D eigenvalue weighted by atomic mass is 10.4. The number of hydrogen-bond acceptors (Lipinski definition) is 6. The van der Waals surface area contributed by atoms with Crippen molar-refractivity contribution in [2.45, 2.75) is 6.54 Å². The van der Waals surface area contributed by atoms with Gasteiger partial charge >= 0.3 is 0 Å². The zero-order chi connectivity index (χ0) is 12.1. The number of ether oxygens (including phenoxy) is 1. The summed E-state index contributed by atoms with van der Waals surface area (Å²) in [4.78, 5) is 18.5. The number of anilines is 1. The maximum absolute atomic E-state index is 5.05. The van der Waals surface area contributed by atoms with E-state index in [2.05, 4.69) is 19.9 Å². The molecule has 0 aliphatic heterocycles. The Morgan fingerprint density at radius 2 is 2.12 bits per heavy atom. The molecular weight excluding hydrogens is 218 g/mol. The first-order valence-corrected chi connectivity index (χ1v) is 5.12. The van der Waals surface area contributed by atoms with Gasteiger partial charge in [-0.25, -0.2) is 4.98 Å². The van der Waals surface area contributed by atoms with E-state index in [0.717, 1.165) is 5.69 Å². The average molecular weight is 231 g/mol. The number of nitrogens with zero attached hydrogens (tertiary/aromatic N) is 5. The first-order chi connectivity index (χ1) is 8.29. The summed E-state index contributed by atoms with van der Waals surface area (Å²) in [5.74, 6) is 1.14. The van der Waals surface area contributed by atoms with E-state index in [-0.39, 0.29) is 0 Å². The van der Waals surface area contributed by atoms with Crippen LogP contribution < -0.4 is 9.64 Å². The second kappa shape index (κ2) is 5.20. The predicted octanol–water partition coefficient (Wildman–Crippen LogP) is 0.912. The van der Waals surface area contributed by atoms with E-state index in [1.807, 2.05) is 11.9 Å². The van der Waals surface area contributed by atoms with Gasteiger partial charge in [0.2, 0.25) is 11.8 Å². The highest BCUT2D eigenvalue weighted by molar-refractivity contribution is 5.31. The highest BCUT2D eigenvalue weighted by Gasteiger charge is 2.06. The average Bonchev–Trinajstić information content (AvgIpc) is 2.40. The molecule has 0 bridgehead atoms. The predicted molar refractivity (Wildman–Crippen MR) is 62.7 cm³/mol. The van der Waals surface area contributed by atoms with Gasteiger partial charge in [-0.05, 0) is 0 Å². The lowest BCUT2D eigenvalue weighted by Crippen LogP contribution is -2.19. The van der Waals surface area contributed by atoms with E-state index in [1.54, 1.807) is 38.0 Å². The van der Waals surface area contributed by atoms with Gasteiger partial charge in [0, 0.05) is 31.7 Å². The highest BCUT2D eigenvalue weighted by Crippen LogP contribution is 2.12. The zero-order valence-corrected chi connectivity index (χ0v) is 9.74. The first-order valence-electron chi connectivity index (χ1n) is 5.12. The molecule has 0 aliphatic carbocycles. The van der Waals surface area contributed by atoms with Crippen LogP contribution in [0, 0.1) is 0 Å². The van der Waals surface area contributed by atoms with Crippen molar-refractivity contribution in [1.82, 2.24) is 19.9 Å². The molecule has 2 rings (SSSR count). The first kappa shape index (κ1) is 11.3. The summed E-state index contributed by atoms with van der Waals surface area (Å²) < 4.78 is 5.05. The van der Waals surface area contributed by atoms with Gasteiger partial charge in [0.15, 0.2) is 0 Å². The second-order valence-electron chi connectivity index (χ2n) is 3.45. The van der Waals surface area contributed by atoms with E-state index in [0.29, 0.717) is 18.4 Å². The fraction of sp³-hybridized carbons (Fsp3) is 0.273. The summed E-state index contributed by atoms with van der Waals surface area (Å²) in [6.45, 7) is 0.598. The van der Waals surface area contributed by atoms with E-state index in [1.165, 1.54) is 0 Å². The lowest BCUT2D eigenvalue weighted by molar-refractivity contribution is 0.397. The van der Waals surface area contributed by atoms with Crippen molar-refractivity contribution in [2.75, 3.05) is 19.1 Å². The van der Waals surface area contributed by atoms with Gasteiger partial charge in [-0.3, -0.25) is 9.97 Å². The Morgan fingerprint density at radius 1 is 1.24 bits per heavy atom. The minimum Gasteiger partial charge on any atom is -0.481 e. The molecule has 0 fully saturated rings. The van der Waals surface area contributed by atoms with Crippen LogP contribution in [-0.2, 0) is 6.54 Å². The third kappa shape index (κ3) is 2.87. The summed E-state index contributed by atoms with van der Waals surface area (Å²) in [5.41, 5.74) is 0.862. The van der Waals surface area contributed by atoms with Gasteiger partial charge in [0.25, 0.3) is 0 Å². The summed E-state index contributed by atoms with van der Waals surface area (Å²) in [5, 5.41) is 0. The van der Waals surface area contributed by atoms with Gasteiger partial charge in [-0.15, -0.1) is 0 Å². The third-order valence-electron chi connectivity index (χ3n) is 2.18. The van der Waals surface area contributed by atoms with Crippen LogP contribution in [-0.4, -0.2) is 34.1 Å². The largest absolute Gasteiger partial charge is 0.481 e. The second-order valence-corrected chi connectivity index (χ2v) is 3.45. The van der Waals surface area contributed by atoms with Crippen LogP contribution in [0.1, 0.15) is 5.69 Å². The minimum absolute atomic E-state index is 0.543. The van der Waals surface area contributed by atoms with E-state index >= 15 is 0 Å². The maximum atomic E-state index is 5.05. The SMILES string of the molecule is COc1ccnc(N(C)Cc2cnccn2)n1. The van der Waals surface area contributed by atoms with Crippen LogP contribution in [0.4, 0.5) is 5.95 Å². The number of aromatic nitrogens is 4. The summed E-state index contributed by atoms with van der Waals surface area (Å²) in [6, 6.07) is 1.71. The van der Waals surface area contributed by atoms with Crippen molar-refractivity contribution in [2.24, 2.45) is 0 Å². The molecule has 0 N–H and O–H groups in total. The summed E-state index contributed by atoms with van der Waals surface area (Å²) in [7, 11) is 3.47. The van der Waals surface area contributed by atoms with Crippen LogP contribution in [0.15, 0.2) is 30.9 Å². The molecule has 6 nitrogen and oxygen atoms in total. The normalized spacial score (nSPS) is 10.0. The molecule has 88 valence electrons. The summed E-state index contributed by atoms with van der Waals surface area (Å²) >= 11 is 0. The molecule has 0 saturated heterocycles. The molecule has 6 heteroatoms. The molecule has 0 radical (unpaired) electrons. The van der Waals surface area contributed by atoms with Crippen molar-refractivity contribution < 1.29 is 4.74 Å². The highest BCUT2D eigenvalue weighted by atomic mass is 16.5. The molecule has 2 aromatic heterocycles. The van der Waals surface area contributed by atoms with Gasteiger partial charge in [-0.1, -0.05) is 0 Å². The molecule has 17 heavy (non-hydrogen) atoms. The Labute approximate surface area is 99.3 Å². The Morgan fingerprint density at radius 3 is 2.82 bits per heavy atom. The van der Waals surface area contributed by atoms with E-state index in [4.69, 9.17) is 4.74 Å².